The summed E-state index contributed by atoms with van der Waals surface area (Å²) in [6, 6.07) is 0. The molecule has 5 nitrogen and oxygen atoms in total. The van der Waals surface area contributed by atoms with Gasteiger partial charge in [-0.05, 0) is 12.8 Å². The molecule has 0 fully saturated rings. The normalized spacial score (nSPS) is 26.5. The van der Waals surface area contributed by atoms with Crippen molar-refractivity contribution in [3.63, 3.8) is 0 Å². The lowest BCUT2D eigenvalue weighted by atomic mass is 9.85. The second kappa shape index (κ2) is 9.28. The quantitative estimate of drug-likeness (QED) is 0.549. The molecule has 0 aliphatic carbocycles. The van der Waals surface area contributed by atoms with Crippen LogP contribution in [0.25, 0.3) is 0 Å². The van der Waals surface area contributed by atoms with Crippen LogP contribution in [-0.4, -0.2) is 56.3 Å². The van der Waals surface area contributed by atoms with Gasteiger partial charge < -0.3 is 0 Å². The van der Waals surface area contributed by atoms with E-state index in [1.807, 2.05) is 24.5 Å². The van der Waals surface area contributed by atoms with Crippen LogP contribution in [0, 0.1) is 11.8 Å². The SMILES string of the molecule is C=CC/N=C\C/C=C1/N=CCC=C(C2C=C(N=C)N(C)N(C)C2)C1C. The highest BCUT2D eigenvalue weighted by Gasteiger charge is 2.28. The summed E-state index contributed by atoms with van der Waals surface area (Å²) in [6.45, 7) is 11.2. The first-order valence-electron chi connectivity index (χ1n) is 8.73. The largest absolute Gasteiger partial charge is 0.293 e. The first kappa shape index (κ1) is 19.1. The molecule has 134 valence electrons. The summed E-state index contributed by atoms with van der Waals surface area (Å²) in [5, 5.41) is 4.22. The molecule has 0 saturated heterocycles. The summed E-state index contributed by atoms with van der Waals surface area (Å²) in [4.78, 5) is 13.1. The van der Waals surface area contributed by atoms with Gasteiger partial charge in [0, 0.05) is 63.4 Å². The summed E-state index contributed by atoms with van der Waals surface area (Å²) in [5.41, 5.74) is 2.50. The molecule has 2 aliphatic rings. The minimum Gasteiger partial charge on any atom is -0.293 e. The Morgan fingerprint density at radius 3 is 2.92 bits per heavy atom. The first-order chi connectivity index (χ1) is 12.1. The monoisotopic (exact) mass is 339 g/mol. The van der Waals surface area contributed by atoms with E-state index in [4.69, 9.17) is 0 Å². The van der Waals surface area contributed by atoms with Gasteiger partial charge in [0.25, 0.3) is 0 Å². The predicted octanol–water partition coefficient (Wildman–Crippen LogP) is 3.50. The van der Waals surface area contributed by atoms with E-state index in [0.29, 0.717) is 12.5 Å². The highest BCUT2D eigenvalue weighted by molar-refractivity contribution is 5.64. The van der Waals surface area contributed by atoms with E-state index in [1.54, 1.807) is 6.08 Å². The number of allylic oxidation sites excluding steroid dienone is 3. The lowest BCUT2D eigenvalue weighted by Crippen LogP contribution is -2.43. The van der Waals surface area contributed by atoms with Crippen LogP contribution in [0.5, 0.6) is 0 Å². The van der Waals surface area contributed by atoms with Crippen molar-refractivity contribution < 1.29 is 0 Å². The van der Waals surface area contributed by atoms with E-state index in [1.165, 1.54) is 5.57 Å². The average Bonchev–Trinajstić information content (AvgIpc) is 2.79. The topological polar surface area (TPSA) is 43.6 Å². The van der Waals surface area contributed by atoms with Crippen LogP contribution in [0.1, 0.15) is 19.8 Å². The van der Waals surface area contributed by atoms with Crippen molar-refractivity contribution >= 4 is 19.1 Å². The van der Waals surface area contributed by atoms with Gasteiger partial charge in [-0.25, -0.2) is 10.0 Å². The third-order valence-corrected chi connectivity index (χ3v) is 4.68. The van der Waals surface area contributed by atoms with Crippen molar-refractivity contribution in [2.45, 2.75) is 19.8 Å². The zero-order valence-corrected chi connectivity index (χ0v) is 15.6. The fourth-order valence-corrected chi connectivity index (χ4v) is 3.18. The molecular formula is C20H29N5. The molecule has 2 heterocycles. The van der Waals surface area contributed by atoms with Crippen molar-refractivity contribution in [3.8, 4) is 0 Å². The second-order valence-electron chi connectivity index (χ2n) is 6.33. The Balaban J connectivity index is 2.19. The Morgan fingerprint density at radius 2 is 2.20 bits per heavy atom. The molecule has 2 rings (SSSR count). The van der Waals surface area contributed by atoms with Gasteiger partial charge in [0.2, 0.25) is 0 Å². The highest BCUT2D eigenvalue weighted by atomic mass is 15.6. The van der Waals surface area contributed by atoms with E-state index < -0.39 is 0 Å². The molecule has 2 aliphatic heterocycles. The first-order valence-corrected chi connectivity index (χ1v) is 8.73. The third-order valence-electron chi connectivity index (χ3n) is 4.68. The molecule has 0 aromatic heterocycles. The van der Waals surface area contributed by atoms with E-state index in [0.717, 1.165) is 30.9 Å². The number of rotatable bonds is 6. The summed E-state index contributed by atoms with van der Waals surface area (Å²) in [7, 11) is 4.09. The predicted molar refractivity (Wildman–Crippen MR) is 108 cm³/mol. The summed E-state index contributed by atoms with van der Waals surface area (Å²) in [6.07, 6.45) is 14.1. The van der Waals surface area contributed by atoms with Crippen LogP contribution in [0.2, 0.25) is 0 Å². The summed E-state index contributed by atoms with van der Waals surface area (Å²) >= 11 is 0. The lowest BCUT2D eigenvalue weighted by molar-refractivity contribution is 0.0412. The lowest BCUT2D eigenvalue weighted by Gasteiger charge is -2.38. The third kappa shape index (κ3) is 4.86. The van der Waals surface area contributed by atoms with Crippen LogP contribution >= 0.6 is 0 Å². The minimum atomic E-state index is 0.274. The fraction of sp³-hybridized carbons (Fsp3) is 0.450. The van der Waals surface area contributed by atoms with Gasteiger partial charge in [-0.1, -0.05) is 30.7 Å². The number of nitrogens with zero attached hydrogens (tertiary/aromatic N) is 5. The Hall–Kier alpha value is -2.27. The number of hydrazine groups is 1. The maximum atomic E-state index is 4.66. The zero-order chi connectivity index (χ0) is 18.2. The van der Waals surface area contributed by atoms with Crippen LogP contribution in [0.15, 0.2) is 63.0 Å². The summed E-state index contributed by atoms with van der Waals surface area (Å²) < 4.78 is 0. The van der Waals surface area contributed by atoms with Gasteiger partial charge in [-0.15, -0.1) is 6.58 Å². The molecule has 0 bridgehead atoms. The molecular weight excluding hydrogens is 310 g/mol. The average molecular weight is 339 g/mol. The molecule has 5 heteroatoms. The van der Waals surface area contributed by atoms with Gasteiger partial charge in [0.15, 0.2) is 0 Å². The van der Waals surface area contributed by atoms with Crippen LogP contribution in [0.4, 0.5) is 0 Å². The van der Waals surface area contributed by atoms with Crippen molar-refractivity contribution in [3.05, 3.63) is 48.0 Å². The molecule has 0 amide bonds. The van der Waals surface area contributed by atoms with E-state index in [-0.39, 0.29) is 5.92 Å². The maximum Gasteiger partial charge on any atom is 0.138 e. The molecule has 0 aromatic carbocycles. The molecule has 0 radical (unpaired) electrons. The number of hydrogen-bond acceptors (Lipinski definition) is 5. The van der Waals surface area contributed by atoms with E-state index >= 15 is 0 Å². The molecule has 2 unspecified atom stereocenters. The highest BCUT2D eigenvalue weighted by Crippen LogP contribution is 2.33. The van der Waals surface area contributed by atoms with Gasteiger partial charge >= 0.3 is 0 Å². The molecule has 2 atom stereocenters. The summed E-state index contributed by atoms with van der Waals surface area (Å²) in [5.74, 6) is 1.49. The minimum absolute atomic E-state index is 0.274. The Kier molecular flexibility index (Phi) is 7.07. The molecule has 0 spiro atoms. The number of aliphatic imine (C=N–C) groups is 3. The molecule has 25 heavy (non-hydrogen) atoms. The van der Waals surface area contributed by atoms with Crippen LogP contribution in [-0.2, 0) is 0 Å². The second-order valence-corrected chi connectivity index (χ2v) is 6.33. The van der Waals surface area contributed by atoms with Gasteiger partial charge in [0.05, 0.1) is 6.54 Å². The number of hydrogen-bond donors (Lipinski definition) is 0. The van der Waals surface area contributed by atoms with Gasteiger partial charge in [-0.2, -0.15) is 0 Å². The van der Waals surface area contributed by atoms with E-state index in [9.17, 15) is 0 Å². The zero-order valence-electron chi connectivity index (χ0n) is 15.6. The fourth-order valence-electron chi connectivity index (χ4n) is 3.18. The van der Waals surface area contributed by atoms with Crippen molar-refractivity contribution in [2.75, 3.05) is 27.2 Å². The Labute approximate surface area is 151 Å². The Morgan fingerprint density at radius 1 is 1.40 bits per heavy atom. The van der Waals surface area contributed by atoms with Crippen molar-refractivity contribution in [2.24, 2.45) is 26.8 Å². The van der Waals surface area contributed by atoms with Crippen LogP contribution in [0.3, 0.4) is 0 Å². The molecule has 0 N–H and O–H groups in total. The molecule has 0 saturated carbocycles. The van der Waals surface area contributed by atoms with Crippen molar-refractivity contribution in [1.29, 1.82) is 0 Å². The van der Waals surface area contributed by atoms with Crippen molar-refractivity contribution in [1.82, 2.24) is 10.0 Å². The smallest absolute Gasteiger partial charge is 0.138 e. The maximum absolute atomic E-state index is 4.66. The molecule has 0 aromatic rings. The van der Waals surface area contributed by atoms with Gasteiger partial charge in [-0.3, -0.25) is 15.0 Å². The Bertz CT molecular complexity index is 638. The van der Waals surface area contributed by atoms with Crippen LogP contribution < -0.4 is 0 Å². The van der Waals surface area contributed by atoms with Gasteiger partial charge in [0.1, 0.15) is 5.82 Å². The van der Waals surface area contributed by atoms with E-state index in [2.05, 4.69) is 65.5 Å². The standard InChI is InChI=1S/C20H29N5/c1-6-11-22-12-8-10-19-16(2)18(9-7-13-23-19)17-14-20(21-3)25(5)24(4)15-17/h6,9-10,12-14,16-17H,1,3,7-8,11,15H2,2,4-5H3/b19-10+,22-12-.